The summed E-state index contributed by atoms with van der Waals surface area (Å²) in [4.78, 5) is 55.8. The van der Waals surface area contributed by atoms with Gasteiger partial charge in [0.25, 0.3) is 0 Å². The third-order valence-electron chi connectivity index (χ3n) is 12.6. The fourth-order valence-electron chi connectivity index (χ4n) is 8.86. The molecule has 57 heavy (non-hydrogen) atoms. The van der Waals surface area contributed by atoms with Gasteiger partial charge >= 0.3 is 5.69 Å². The van der Waals surface area contributed by atoms with Gasteiger partial charge in [0.15, 0.2) is 0 Å². The van der Waals surface area contributed by atoms with Gasteiger partial charge in [-0.15, -0.1) is 0 Å². The molecule has 2 amide bonds. The minimum absolute atomic E-state index is 0.111. The number of imidazole rings is 1. The largest absolute Gasteiger partial charge is 0.471 e. The number of H-pyrrole nitrogens is 1. The van der Waals surface area contributed by atoms with Crippen molar-refractivity contribution in [3.63, 3.8) is 0 Å². The minimum Gasteiger partial charge on any atom is -0.471 e. The van der Waals surface area contributed by atoms with Crippen LogP contribution in [0.4, 0.5) is 11.5 Å². The summed E-state index contributed by atoms with van der Waals surface area (Å²) in [6.45, 7) is 5.56. The molecular weight excluding hydrogens is 729 g/mol. The number of carbonyl (C=O) groups is 2. The molecule has 5 aromatic rings. The molecule has 2 saturated carbocycles. The summed E-state index contributed by atoms with van der Waals surface area (Å²) in [6.07, 6.45) is 12.5. The number of hydrogen-bond acceptors (Lipinski definition) is 12. The van der Waals surface area contributed by atoms with Crippen molar-refractivity contribution in [2.24, 2.45) is 7.05 Å². The number of nitrogens with one attached hydrogen (secondary N) is 2. The number of piperidine rings is 3. The van der Waals surface area contributed by atoms with Crippen molar-refractivity contribution in [1.82, 2.24) is 39.6 Å². The van der Waals surface area contributed by atoms with E-state index in [4.69, 9.17) is 14.2 Å². The number of pyridine rings is 1. The van der Waals surface area contributed by atoms with E-state index in [1.165, 1.54) is 4.57 Å². The zero-order valence-electron chi connectivity index (χ0n) is 32.4. The Hall–Kier alpha value is -5.35. The van der Waals surface area contributed by atoms with E-state index in [1.807, 2.05) is 30.3 Å². The zero-order chi connectivity index (χ0) is 38.8. The van der Waals surface area contributed by atoms with Crippen LogP contribution in [0.25, 0.3) is 33.3 Å². The van der Waals surface area contributed by atoms with Crippen LogP contribution in [0.2, 0.25) is 0 Å². The minimum atomic E-state index is -0.688. The number of imide groups is 1. The second-order valence-corrected chi connectivity index (χ2v) is 16.7. The summed E-state index contributed by atoms with van der Waals surface area (Å²) >= 11 is 0. The van der Waals surface area contributed by atoms with Crippen molar-refractivity contribution < 1.29 is 23.8 Å². The second kappa shape index (κ2) is 14.2. The molecule has 1 unspecified atom stereocenters. The van der Waals surface area contributed by atoms with Gasteiger partial charge in [-0.3, -0.25) is 29.1 Å². The highest BCUT2D eigenvalue weighted by atomic mass is 16.5. The molecule has 2 N–H and O–H groups in total. The van der Waals surface area contributed by atoms with Crippen molar-refractivity contribution in [2.45, 2.75) is 107 Å². The normalized spacial score (nSPS) is 24.2. The van der Waals surface area contributed by atoms with Gasteiger partial charge in [-0.25, -0.2) is 19.7 Å². The molecular formula is C41H48N10O6. The maximum Gasteiger partial charge on any atom is 0.329 e. The lowest BCUT2D eigenvalue weighted by molar-refractivity contribution is -0.149. The molecule has 3 saturated heterocycles. The van der Waals surface area contributed by atoms with Crippen molar-refractivity contribution in [1.29, 1.82) is 0 Å². The molecule has 16 heteroatoms. The predicted octanol–water partition coefficient (Wildman–Crippen LogP) is 4.18. The van der Waals surface area contributed by atoms with Crippen LogP contribution in [-0.2, 0) is 26.1 Å². The number of fused-ring (bicyclic) bond motifs is 2. The Balaban J connectivity index is 0.681. The lowest BCUT2D eigenvalue weighted by Gasteiger charge is -2.42. The number of rotatable bonds is 10. The molecule has 5 aliphatic rings. The number of carbonyl (C=O) groups excluding carboxylic acids is 2. The fraction of sp³-hybridized carbons (Fsp3) is 0.537. The van der Waals surface area contributed by atoms with Crippen LogP contribution in [0.3, 0.4) is 0 Å². The molecule has 1 aromatic carbocycles. The average Bonchev–Trinajstić information content (AvgIpc) is 3.69. The van der Waals surface area contributed by atoms with Crippen LogP contribution in [0.5, 0.6) is 5.88 Å². The Morgan fingerprint density at radius 3 is 2.23 bits per heavy atom. The molecule has 2 aliphatic carbocycles. The fourth-order valence-corrected chi connectivity index (χ4v) is 8.86. The summed E-state index contributed by atoms with van der Waals surface area (Å²) in [7, 11) is 1.73. The molecule has 5 fully saturated rings. The van der Waals surface area contributed by atoms with E-state index in [0.29, 0.717) is 17.8 Å². The van der Waals surface area contributed by atoms with Crippen LogP contribution in [0.15, 0.2) is 47.7 Å². The molecule has 10 rings (SSSR count). The third kappa shape index (κ3) is 7.02. The summed E-state index contributed by atoms with van der Waals surface area (Å²) in [5.41, 5.74) is 4.53. The van der Waals surface area contributed by atoms with Gasteiger partial charge < -0.3 is 24.0 Å². The summed E-state index contributed by atoms with van der Waals surface area (Å²) in [5.74, 6) is 0.782. The number of aryl methyl sites for hydroxylation is 1. The Bertz CT molecular complexity index is 2400. The highest BCUT2D eigenvalue weighted by Gasteiger charge is 2.41. The first-order valence-corrected chi connectivity index (χ1v) is 20.4. The van der Waals surface area contributed by atoms with Crippen LogP contribution in [-0.4, -0.2) is 102 Å². The number of aromatic amines is 1. The monoisotopic (exact) mass is 776 g/mol. The maximum atomic E-state index is 13.2. The number of hydrogen-bond donors (Lipinski definition) is 2. The standard InChI is InChI=1S/C41H48N10O6/c1-41(11-12-41)57-37-20-29-31(22-42-37)46-47-38(29)30-21-35(44-23-43-30)50-15-9-26(10-16-50)56-28-18-27(19-28)55-25-7-13-49(14-8-25)24-3-4-32-34(17-24)48(2)40(54)51(32)33-5-6-36(52)45-39(33)53/h3-4,17,20-23,25-28,33H,5-16,18-19H2,1-2H3,(H,46,47)(H,45,52,53). The van der Waals surface area contributed by atoms with Crippen molar-refractivity contribution in [2.75, 3.05) is 36.0 Å². The maximum absolute atomic E-state index is 13.2. The first-order chi connectivity index (χ1) is 27.7. The van der Waals surface area contributed by atoms with E-state index < -0.39 is 11.9 Å². The molecule has 16 nitrogen and oxygen atoms in total. The van der Waals surface area contributed by atoms with E-state index in [1.54, 1.807) is 24.1 Å². The molecule has 7 heterocycles. The van der Waals surface area contributed by atoms with E-state index >= 15 is 0 Å². The van der Waals surface area contributed by atoms with Crippen LogP contribution >= 0.6 is 0 Å². The number of amides is 2. The van der Waals surface area contributed by atoms with Gasteiger partial charge in [0, 0.05) is 62.9 Å². The molecule has 0 bridgehead atoms. The number of anilines is 2. The Morgan fingerprint density at radius 2 is 1.53 bits per heavy atom. The predicted molar refractivity (Wildman–Crippen MR) is 211 cm³/mol. The third-order valence-corrected chi connectivity index (χ3v) is 12.6. The van der Waals surface area contributed by atoms with Crippen LogP contribution in [0.1, 0.15) is 77.2 Å². The Kier molecular flexibility index (Phi) is 9.00. The SMILES string of the molecule is Cn1c(=O)n(C2CCC(=O)NC2=O)c2ccc(N3CCC(OC4CC(OC5CCN(c6cc(-c7n[nH]c8cnc(OC9(C)CC9)cc78)ncn6)CC5)C4)CC3)cc21. The number of benzene rings is 1. The second-order valence-electron chi connectivity index (χ2n) is 16.7. The highest BCUT2D eigenvalue weighted by Crippen LogP contribution is 2.40. The number of nitrogens with zero attached hydrogens (tertiary/aromatic N) is 8. The molecule has 0 spiro atoms. The van der Waals surface area contributed by atoms with Crippen LogP contribution in [0, 0.1) is 0 Å². The molecule has 298 valence electrons. The first-order valence-electron chi connectivity index (χ1n) is 20.4. The van der Waals surface area contributed by atoms with E-state index in [0.717, 1.165) is 117 Å². The van der Waals surface area contributed by atoms with Gasteiger partial charge in [-0.05, 0) is 82.9 Å². The topological polar surface area (TPSA) is 175 Å². The lowest BCUT2D eigenvalue weighted by atomic mass is 9.90. The van der Waals surface area contributed by atoms with Crippen LogP contribution < -0.4 is 25.5 Å². The van der Waals surface area contributed by atoms with Gasteiger partial charge in [0.2, 0.25) is 17.7 Å². The van der Waals surface area contributed by atoms with E-state index in [-0.39, 0.29) is 48.0 Å². The molecule has 4 aromatic heterocycles. The smallest absolute Gasteiger partial charge is 0.329 e. The Morgan fingerprint density at radius 1 is 0.807 bits per heavy atom. The highest BCUT2D eigenvalue weighted by molar-refractivity contribution is 6.00. The van der Waals surface area contributed by atoms with E-state index in [2.05, 4.69) is 47.2 Å². The van der Waals surface area contributed by atoms with E-state index in [9.17, 15) is 14.4 Å². The summed E-state index contributed by atoms with van der Waals surface area (Å²) in [5, 5.41) is 11.0. The molecule has 0 radical (unpaired) electrons. The van der Waals surface area contributed by atoms with Crippen molar-refractivity contribution in [3.8, 4) is 17.3 Å². The summed E-state index contributed by atoms with van der Waals surface area (Å²) < 4.78 is 22.3. The summed E-state index contributed by atoms with van der Waals surface area (Å²) in [6, 6.07) is 9.26. The van der Waals surface area contributed by atoms with Gasteiger partial charge in [-0.2, -0.15) is 5.10 Å². The average molecular weight is 777 g/mol. The molecule has 1 atom stereocenters. The first kappa shape index (κ1) is 36.0. The zero-order valence-corrected chi connectivity index (χ0v) is 32.4. The quantitative estimate of drug-likeness (QED) is 0.194. The van der Waals surface area contributed by atoms with Gasteiger partial charge in [0.05, 0.1) is 52.9 Å². The molecule has 3 aliphatic heterocycles. The lowest BCUT2D eigenvalue weighted by Crippen LogP contribution is -2.46. The number of ether oxygens (including phenoxy) is 3. The Labute approximate surface area is 328 Å². The van der Waals surface area contributed by atoms with Gasteiger partial charge in [-0.1, -0.05) is 0 Å². The van der Waals surface area contributed by atoms with Gasteiger partial charge in [0.1, 0.15) is 29.5 Å². The van der Waals surface area contributed by atoms with Crippen molar-refractivity contribution >= 4 is 45.3 Å². The number of aromatic nitrogens is 7. The van der Waals surface area contributed by atoms with Crippen molar-refractivity contribution in [3.05, 3.63) is 53.3 Å².